The van der Waals surface area contributed by atoms with Gasteiger partial charge in [-0.05, 0) is 24.1 Å². The van der Waals surface area contributed by atoms with Gasteiger partial charge in [0.05, 0.1) is 6.10 Å². The van der Waals surface area contributed by atoms with Crippen molar-refractivity contribution in [2.45, 2.75) is 40.0 Å². The molecule has 90 valence electrons. The molecule has 0 aromatic carbocycles. The molecule has 0 radical (unpaired) electrons. The van der Waals surface area contributed by atoms with E-state index in [0.29, 0.717) is 0 Å². The Balaban J connectivity index is 2.97. The molecule has 1 unspecified atom stereocenters. The first-order valence-corrected chi connectivity index (χ1v) is 8.43. The maximum Gasteiger partial charge on any atom is 0.180 e. The van der Waals surface area contributed by atoms with E-state index in [9.17, 15) is 5.21 Å². The zero-order valence-electron chi connectivity index (χ0n) is 10.7. The van der Waals surface area contributed by atoms with E-state index in [1.54, 1.807) is 0 Å². The Morgan fingerprint density at radius 1 is 1.25 bits per heavy atom. The Kier molecular flexibility index (Phi) is 4.10. The van der Waals surface area contributed by atoms with Crippen LogP contribution in [-0.4, -0.2) is 9.04 Å². The predicted octanol–water partition coefficient (Wildman–Crippen LogP) is 2.41. The number of nitrogens with zero attached hydrogens (tertiary/aromatic N) is 1. The zero-order chi connectivity index (χ0) is 12.3. The summed E-state index contributed by atoms with van der Waals surface area (Å²) in [6, 6.07) is 3.69. The minimum Gasteiger partial charge on any atom is -0.619 e. The minimum absolute atomic E-state index is 0.0480. The van der Waals surface area contributed by atoms with Gasteiger partial charge in [0, 0.05) is 12.1 Å². The van der Waals surface area contributed by atoms with Crippen LogP contribution in [0.25, 0.3) is 0 Å². The van der Waals surface area contributed by atoms with E-state index in [2.05, 4.69) is 33.9 Å². The van der Waals surface area contributed by atoms with Gasteiger partial charge >= 0.3 is 0 Å². The molecule has 0 spiro atoms. The fraction of sp³-hybridized carbons (Fsp3) is 0.583. The highest BCUT2D eigenvalue weighted by molar-refractivity contribution is 6.48. The summed E-state index contributed by atoms with van der Waals surface area (Å²) in [5.74, 6) is 0. The van der Waals surface area contributed by atoms with Crippen molar-refractivity contribution in [2.75, 3.05) is 0 Å². The molecule has 1 aromatic heterocycles. The minimum atomic E-state index is -1.10. The maximum absolute atomic E-state index is 11.0. The molecule has 16 heavy (non-hydrogen) atoms. The summed E-state index contributed by atoms with van der Waals surface area (Å²) >= 11 is 0. The molecule has 0 saturated heterocycles. The molecular formula is C12H21NO2Si. The Bertz CT molecular complexity index is 330. The fourth-order valence-electron chi connectivity index (χ4n) is 1.65. The van der Waals surface area contributed by atoms with Crippen molar-refractivity contribution in [3.8, 4) is 0 Å². The van der Waals surface area contributed by atoms with Crippen LogP contribution in [0.4, 0.5) is 0 Å². The first-order chi connectivity index (χ1) is 7.30. The van der Waals surface area contributed by atoms with E-state index in [4.69, 9.17) is 4.43 Å². The van der Waals surface area contributed by atoms with Gasteiger partial charge in [0.1, 0.15) is 0 Å². The summed E-state index contributed by atoms with van der Waals surface area (Å²) in [6.07, 6.45) is 3.12. The van der Waals surface area contributed by atoms with Crippen LogP contribution in [0.3, 0.4) is 0 Å². The monoisotopic (exact) mass is 239 g/mol. The SMILES string of the molecule is C[SiH](C)OC(c1cc[n+]([O-])cc1)C(C)(C)C. The summed E-state index contributed by atoms with van der Waals surface area (Å²) < 4.78 is 6.87. The second-order valence-electron chi connectivity index (χ2n) is 5.42. The quantitative estimate of drug-likeness (QED) is 0.461. The van der Waals surface area contributed by atoms with E-state index < -0.39 is 9.04 Å². The van der Waals surface area contributed by atoms with Crippen molar-refractivity contribution in [3.05, 3.63) is 35.3 Å². The second-order valence-corrected chi connectivity index (χ2v) is 7.79. The highest BCUT2D eigenvalue weighted by atomic mass is 28.3. The fourth-order valence-corrected chi connectivity index (χ4v) is 2.76. The van der Waals surface area contributed by atoms with Crippen LogP contribution >= 0.6 is 0 Å². The van der Waals surface area contributed by atoms with Crippen molar-refractivity contribution < 1.29 is 9.16 Å². The van der Waals surface area contributed by atoms with E-state index in [-0.39, 0.29) is 11.5 Å². The number of hydrogen-bond donors (Lipinski definition) is 0. The van der Waals surface area contributed by atoms with Gasteiger partial charge in [0.2, 0.25) is 0 Å². The molecule has 0 aliphatic rings. The van der Waals surface area contributed by atoms with E-state index in [1.165, 1.54) is 12.4 Å². The lowest BCUT2D eigenvalue weighted by atomic mass is 9.85. The van der Waals surface area contributed by atoms with Gasteiger partial charge in [-0.3, -0.25) is 0 Å². The lowest BCUT2D eigenvalue weighted by molar-refractivity contribution is -0.605. The summed E-state index contributed by atoms with van der Waals surface area (Å²) in [6.45, 7) is 10.8. The third-order valence-corrected chi connectivity index (χ3v) is 3.14. The predicted molar refractivity (Wildman–Crippen MR) is 67.6 cm³/mol. The topological polar surface area (TPSA) is 36.2 Å². The lowest BCUT2D eigenvalue weighted by Crippen LogP contribution is -2.28. The lowest BCUT2D eigenvalue weighted by Gasteiger charge is -2.32. The normalized spacial score (nSPS) is 14.1. The molecular weight excluding hydrogens is 218 g/mol. The van der Waals surface area contributed by atoms with Crippen molar-refractivity contribution in [3.63, 3.8) is 0 Å². The summed E-state index contributed by atoms with van der Waals surface area (Å²) in [5, 5.41) is 11.0. The molecule has 1 aromatic rings. The molecule has 0 aliphatic heterocycles. The van der Waals surface area contributed by atoms with E-state index >= 15 is 0 Å². The van der Waals surface area contributed by atoms with Crippen LogP contribution in [0.2, 0.25) is 13.1 Å². The standard InChI is InChI=1S/C12H21NO2Si/c1-12(2,3)11(15-16(4)5)10-6-8-13(14)9-7-10/h6-9,11,16H,1-5H3. The van der Waals surface area contributed by atoms with Crippen LogP contribution in [0.5, 0.6) is 0 Å². The molecule has 0 fully saturated rings. The second kappa shape index (κ2) is 4.97. The smallest absolute Gasteiger partial charge is 0.180 e. The Morgan fingerprint density at radius 3 is 2.12 bits per heavy atom. The number of hydrogen-bond acceptors (Lipinski definition) is 2. The zero-order valence-corrected chi connectivity index (χ0v) is 11.9. The maximum atomic E-state index is 11.0. The largest absolute Gasteiger partial charge is 0.619 e. The molecule has 1 atom stereocenters. The Labute approximate surface area is 99.4 Å². The molecule has 1 rings (SSSR count). The molecule has 3 nitrogen and oxygen atoms in total. The van der Waals surface area contributed by atoms with Gasteiger partial charge in [-0.25, -0.2) is 0 Å². The van der Waals surface area contributed by atoms with E-state index in [0.717, 1.165) is 10.3 Å². The average Bonchev–Trinajstić information content (AvgIpc) is 2.14. The number of pyridine rings is 1. The summed E-state index contributed by atoms with van der Waals surface area (Å²) in [5.41, 5.74) is 1.13. The highest BCUT2D eigenvalue weighted by Gasteiger charge is 2.28. The third kappa shape index (κ3) is 3.61. The molecule has 1 heterocycles. The van der Waals surface area contributed by atoms with Crippen LogP contribution in [0, 0.1) is 10.6 Å². The van der Waals surface area contributed by atoms with Gasteiger partial charge in [0.15, 0.2) is 21.4 Å². The highest BCUT2D eigenvalue weighted by Crippen LogP contribution is 2.36. The van der Waals surface area contributed by atoms with Gasteiger partial charge in [-0.2, -0.15) is 4.73 Å². The van der Waals surface area contributed by atoms with Crippen LogP contribution in [0.1, 0.15) is 32.4 Å². The first-order valence-electron chi connectivity index (χ1n) is 5.65. The molecule has 4 heteroatoms. The van der Waals surface area contributed by atoms with Crippen LogP contribution in [-0.2, 0) is 4.43 Å². The summed E-state index contributed by atoms with van der Waals surface area (Å²) in [7, 11) is -1.10. The van der Waals surface area contributed by atoms with Crippen molar-refractivity contribution in [1.29, 1.82) is 0 Å². The number of aromatic nitrogens is 1. The molecule has 0 saturated carbocycles. The van der Waals surface area contributed by atoms with Crippen LogP contribution in [0.15, 0.2) is 24.5 Å². The Hall–Kier alpha value is -0.873. The molecule has 0 bridgehead atoms. The van der Waals surface area contributed by atoms with Gasteiger partial charge < -0.3 is 9.63 Å². The molecule has 0 aliphatic carbocycles. The average molecular weight is 239 g/mol. The summed E-state index contributed by atoms with van der Waals surface area (Å²) in [4.78, 5) is 0. The van der Waals surface area contributed by atoms with Crippen molar-refractivity contribution >= 4 is 9.04 Å². The van der Waals surface area contributed by atoms with Crippen molar-refractivity contribution in [2.24, 2.45) is 5.41 Å². The van der Waals surface area contributed by atoms with Crippen molar-refractivity contribution in [1.82, 2.24) is 0 Å². The molecule has 0 amide bonds. The van der Waals surface area contributed by atoms with E-state index in [1.807, 2.05) is 12.1 Å². The van der Waals surface area contributed by atoms with Gasteiger partial charge in [0.25, 0.3) is 0 Å². The third-order valence-electron chi connectivity index (χ3n) is 2.33. The van der Waals surface area contributed by atoms with Gasteiger partial charge in [-0.1, -0.05) is 20.8 Å². The first kappa shape index (κ1) is 13.2. The molecule has 0 N–H and O–H groups in total. The van der Waals surface area contributed by atoms with Gasteiger partial charge in [-0.15, -0.1) is 0 Å². The number of rotatable bonds is 3. The van der Waals surface area contributed by atoms with Crippen LogP contribution < -0.4 is 4.73 Å². The Morgan fingerprint density at radius 2 is 1.75 bits per heavy atom.